The zero-order chi connectivity index (χ0) is 15.6. The third-order valence-electron chi connectivity index (χ3n) is 3.97. The minimum absolute atomic E-state index is 0.0316. The Morgan fingerprint density at radius 2 is 2.19 bits per heavy atom. The molecule has 2 atom stereocenters. The summed E-state index contributed by atoms with van der Waals surface area (Å²) in [6.45, 7) is 8.15. The number of ether oxygens (including phenoxy) is 1. The van der Waals surface area contributed by atoms with Crippen LogP contribution in [-0.2, 0) is 11.2 Å². The van der Waals surface area contributed by atoms with Crippen LogP contribution in [0.5, 0.6) is 5.75 Å². The number of rotatable bonds is 4. The number of hydrogen-bond acceptors (Lipinski definition) is 3. The van der Waals surface area contributed by atoms with Gasteiger partial charge < -0.3 is 15.2 Å². The van der Waals surface area contributed by atoms with Crippen LogP contribution in [-0.4, -0.2) is 17.6 Å². The van der Waals surface area contributed by atoms with Gasteiger partial charge in [-0.1, -0.05) is 26.8 Å². The second kappa shape index (κ2) is 6.48. The maximum atomic E-state index is 11.4. The lowest BCUT2D eigenvalue weighted by Crippen LogP contribution is -2.31. The molecule has 4 heteroatoms. The summed E-state index contributed by atoms with van der Waals surface area (Å²) in [6.07, 6.45) is 1.09. The number of aliphatic hydroxyl groups excluding tert-OH is 1. The summed E-state index contributed by atoms with van der Waals surface area (Å²) in [5.41, 5.74) is 2.99. The van der Waals surface area contributed by atoms with Crippen molar-refractivity contribution in [3.63, 3.8) is 0 Å². The molecule has 0 bridgehead atoms. The first-order chi connectivity index (χ1) is 9.93. The number of benzene rings is 1. The SMILES string of the molecule is CCc1cc2c(c(C(O)C(C)C)c1)OCCC2NC(C)=O. The third-order valence-corrected chi connectivity index (χ3v) is 3.97. The molecule has 21 heavy (non-hydrogen) atoms. The summed E-state index contributed by atoms with van der Waals surface area (Å²) in [6, 6.07) is 4.08. The van der Waals surface area contributed by atoms with Gasteiger partial charge in [-0.25, -0.2) is 0 Å². The van der Waals surface area contributed by atoms with E-state index in [9.17, 15) is 9.90 Å². The lowest BCUT2D eigenvalue weighted by molar-refractivity contribution is -0.119. The minimum Gasteiger partial charge on any atom is -0.493 e. The highest BCUT2D eigenvalue weighted by molar-refractivity contribution is 5.73. The highest BCUT2D eigenvalue weighted by Crippen LogP contribution is 2.40. The molecule has 1 aliphatic heterocycles. The van der Waals surface area contributed by atoms with Gasteiger partial charge in [0.25, 0.3) is 0 Å². The van der Waals surface area contributed by atoms with Crippen molar-refractivity contribution in [3.8, 4) is 5.75 Å². The molecule has 0 saturated carbocycles. The van der Waals surface area contributed by atoms with Gasteiger partial charge in [0.15, 0.2) is 0 Å². The van der Waals surface area contributed by atoms with Gasteiger partial charge in [-0.15, -0.1) is 0 Å². The van der Waals surface area contributed by atoms with Crippen LogP contribution in [0.15, 0.2) is 12.1 Å². The van der Waals surface area contributed by atoms with Crippen molar-refractivity contribution >= 4 is 5.91 Å². The highest BCUT2D eigenvalue weighted by Gasteiger charge is 2.28. The second-order valence-electron chi connectivity index (χ2n) is 6.04. The predicted octanol–water partition coefficient (Wildman–Crippen LogP) is 2.90. The Balaban J connectivity index is 2.50. The molecule has 0 radical (unpaired) electrons. The molecule has 0 fully saturated rings. The Bertz CT molecular complexity index is 525. The van der Waals surface area contributed by atoms with Crippen LogP contribution in [0.25, 0.3) is 0 Å². The van der Waals surface area contributed by atoms with E-state index in [1.807, 2.05) is 19.9 Å². The molecule has 1 aliphatic rings. The monoisotopic (exact) mass is 291 g/mol. The van der Waals surface area contributed by atoms with Crippen molar-refractivity contribution < 1.29 is 14.6 Å². The van der Waals surface area contributed by atoms with Gasteiger partial charge in [0.05, 0.1) is 18.8 Å². The lowest BCUT2D eigenvalue weighted by atomic mass is 9.89. The molecule has 0 spiro atoms. The number of hydrogen-bond donors (Lipinski definition) is 2. The average Bonchev–Trinajstić information content (AvgIpc) is 2.45. The Kier molecular flexibility index (Phi) is 4.88. The minimum atomic E-state index is -0.554. The van der Waals surface area contributed by atoms with Crippen molar-refractivity contribution in [1.82, 2.24) is 5.32 Å². The third kappa shape index (κ3) is 3.38. The summed E-state index contributed by atoms with van der Waals surface area (Å²) < 4.78 is 5.83. The van der Waals surface area contributed by atoms with Crippen molar-refractivity contribution in [2.24, 2.45) is 5.92 Å². The second-order valence-corrected chi connectivity index (χ2v) is 6.04. The smallest absolute Gasteiger partial charge is 0.217 e. The fourth-order valence-electron chi connectivity index (χ4n) is 2.78. The van der Waals surface area contributed by atoms with E-state index in [2.05, 4.69) is 18.3 Å². The molecule has 1 amide bonds. The standard InChI is InChI=1S/C17H25NO3/c1-5-12-8-13-15(18-11(4)19)6-7-21-17(13)14(9-12)16(20)10(2)3/h8-10,15-16,20H,5-7H2,1-4H3,(H,18,19). The van der Waals surface area contributed by atoms with Crippen molar-refractivity contribution in [3.05, 3.63) is 28.8 Å². The fourth-order valence-corrected chi connectivity index (χ4v) is 2.78. The van der Waals surface area contributed by atoms with E-state index >= 15 is 0 Å². The zero-order valence-corrected chi connectivity index (χ0v) is 13.3. The average molecular weight is 291 g/mol. The molecule has 1 aromatic carbocycles. The Hall–Kier alpha value is -1.55. The van der Waals surface area contributed by atoms with Gasteiger partial charge in [-0.3, -0.25) is 4.79 Å². The summed E-state index contributed by atoms with van der Waals surface area (Å²) in [4.78, 5) is 11.4. The maximum absolute atomic E-state index is 11.4. The van der Waals surface area contributed by atoms with Gasteiger partial charge in [0.1, 0.15) is 5.75 Å². The molecular formula is C17H25NO3. The van der Waals surface area contributed by atoms with Crippen LogP contribution in [0, 0.1) is 5.92 Å². The molecular weight excluding hydrogens is 266 g/mol. The van der Waals surface area contributed by atoms with E-state index in [4.69, 9.17) is 4.74 Å². The molecule has 2 N–H and O–H groups in total. The molecule has 116 valence electrons. The molecule has 1 aromatic rings. The molecule has 1 heterocycles. The summed E-state index contributed by atoms with van der Waals surface area (Å²) in [5.74, 6) is 0.824. The maximum Gasteiger partial charge on any atom is 0.217 e. The highest BCUT2D eigenvalue weighted by atomic mass is 16.5. The molecule has 0 saturated heterocycles. The number of aliphatic hydroxyl groups is 1. The summed E-state index contributed by atoms with van der Waals surface area (Å²) in [7, 11) is 0. The van der Waals surface area contributed by atoms with Gasteiger partial charge >= 0.3 is 0 Å². The first kappa shape index (κ1) is 15.8. The van der Waals surface area contributed by atoms with E-state index in [1.54, 1.807) is 0 Å². The molecule has 2 unspecified atom stereocenters. The van der Waals surface area contributed by atoms with Gasteiger partial charge in [-0.2, -0.15) is 0 Å². The number of nitrogens with one attached hydrogen (secondary N) is 1. The van der Waals surface area contributed by atoms with Gasteiger partial charge in [-0.05, 0) is 24.0 Å². The Labute approximate surface area is 126 Å². The van der Waals surface area contributed by atoms with Crippen molar-refractivity contribution in [2.45, 2.75) is 52.7 Å². The first-order valence-electron chi connectivity index (χ1n) is 7.68. The Morgan fingerprint density at radius 3 is 2.76 bits per heavy atom. The molecule has 2 rings (SSSR count). The number of carbonyl (C=O) groups is 1. The van der Waals surface area contributed by atoms with Gasteiger partial charge in [0.2, 0.25) is 5.91 Å². The van der Waals surface area contributed by atoms with E-state index in [0.29, 0.717) is 6.61 Å². The van der Waals surface area contributed by atoms with Crippen molar-refractivity contribution in [1.29, 1.82) is 0 Å². The quantitative estimate of drug-likeness (QED) is 0.896. The lowest BCUT2D eigenvalue weighted by Gasteiger charge is -2.30. The van der Waals surface area contributed by atoms with E-state index < -0.39 is 6.10 Å². The van der Waals surface area contributed by atoms with E-state index in [1.165, 1.54) is 6.92 Å². The number of carbonyl (C=O) groups excluding carboxylic acids is 1. The topological polar surface area (TPSA) is 58.6 Å². The molecule has 4 nitrogen and oxygen atoms in total. The van der Waals surface area contributed by atoms with Crippen LogP contribution in [0.2, 0.25) is 0 Å². The summed E-state index contributed by atoms with van der Waals surface area (Å²) in [5, 5.41) is 13.5. The predicted molar refractivity (Wildman–Crippen MR) is 82.3 cm³/mol. The number of amides is 1. The number of aryl methyl sites for hydroxylation is 1. The Morgan fingerprint density at radius 1 is 1.48 bits per heavy atom. The van der Waals surface area contributed by atoms with E-state index in [0.717, 1.165) is 35.3 Å². The summed E-state index contributed by atoms with van der Waals surface area (Å²) >= 11 is 0. The first-order valence-corrected chi connectivity index (χ1v) is 7.68. The largest absolute Gasteiger partial charge is 0.493 e. The number of fused-ring (bicyclic) bond motifs is 1. The van der Waals surface area contributed by atoms with Crippen LogP contribution < -0.4 is 10.1 Å². The molecule has 0 aliphatic carbocycles. The van der Waals surface area contributed by atoms with Gasteiger partial charge in [0, 0.05) is 24.5 Å². The van der Waals surface area contributed by atoms with Crippen LogP contribution in [0.1, 0.15) is 63.0 Å². The van der Waals surface area contributed by atoms with Crippen LogP contribution >= 0.6 is 0 Å². The zero-order valence-electron chi connectivity index (χ0n) is 13.3. The van der Waals surface area contributed by atoms with Crippen LogP contribution in [0.3, 0.4) is 0 Å². The van der Waals surface area contributed by atoms with Crippen LogP contribution in [0.4, 0.5) is 0 Å². The van der Waals surface area contributed by atoms with Crippen molar-refractivity contribution in [2.75, 3.05) is 6.61 Å². The normalized spacial score (nSPS) is 18.9. The fraction of sp³-hybridized carbons (Fsp3) is 0.588. The van der Waals surface area contributed by atoms with E-state index in [-0.39, 0.29) is 17.9 Å². The molecule has 0 aromatic heterocycles.